The molecule has 102 valence electrons. The first-order valence-electron chi connectivity index (χ1n) is 6.19. The van der Waals surface area contributed by atoms with Gasteiger partial charge in [0.15, 0.2) is 0 Å². The number of nitrogens with zero attached hydrogens (tertiary/aromatic N) is 2. The maximum Gasteiger partial charge on any atom is 0.228 e. The fourth-order valence-electron chi connectivity index (χ4n) is 1.65. The van der Waals surface area contributed by atoms with Crippen LogP contribution in [0.3, 0.4) is 0 Å². The number of halogens is 1. The first kappa shape index (κ1) is 14.3. The molecule has 0 atom stereocenters. The normalized spacial score (nSPS) is 10.0. The lowest BCUT2D eigenvalue weighted by Crippen LogP contribution is -2.10. The third kappa shape index (κ3) is 4.23. The number of hydrogen-bond donors (Lipinski definition) is 1. The number of hydrogen-bond acceptors (Lipinski definition) is 3. The van der Waals surface area contributed by atoms with Gasteiger partial charge in [-0.2, -0.15) is 0 Å². The number of benzene rings is 1. The number of pyridine rings is 1. The molecule has 0 saturated heterocycles. The molecule has 1 N–H and O–H groups in total. The lowest BCUT2D eigenvalue weighted by molar-refractivity contribution is 0.130. The van der Waals surface area contributed by atoms with E-state index in [4.69, 9.17) is 22.9 Å². The molecular formula is C15H14ClN3O. The molecule has 0 spiro atoms. The lowest BCUT2D eigenvalue weighted by atomic mass is 10.2. The summed E-state index contributed by atoms with van der Waals surface area (Å²) >= 11 is 5.81. The van der Waals surface area contributed by atoms with Gasteiger partial charge in [-0.1, -0.05) is 41.9 Å². The molecule has 0 aliphatic heterocycles. The fraction of sp³-hybridized carbons (Fsp3) is 0.200. The quantitative estimate of drug-likeness (QED) is 0.497. The Morgan fingerprint density at radius 2 is 2.00 bits per heavy atom. The van der Waals surface area contributed by atoms with Crippen molar-refractivity contribution >= 4 is 23.1 Å². The van der Waals surface area contributed by atoms with Crippen LogP contribution in [0.2, 0.25) is 5.15 Å². The van der Waals surface area contributed by atoms with Crippen LogP contribution in [0.5, 0.6) is 0 Å². The Bertz CT molecular complexity index is 596. The van der Waals surface area contributed by atoms with Crippen molar-refractivity contribution in [3.05, 3.63) is 64.6 Å². The van der Waals surface area contributed by atoms with Crippen LogP contribution in [-0.4, -0.2) is 18.1 Å². The van der Waals surface area contributed by atoms with Gasteiger partial charge in [-0.15, -0.1) is 0 Å². The second-order valence-electron chi connectivity index (χ2n) is 4.08. The van der Waals surface area contributed by atoms with Gasteiger partial charge in [0.2, 0.25) is 5.69 Å². The van der Waals surface area contributed by atoms with E-state index < -0.39 is 0 Å². The Hall–Kier alpha value is -2.09. The van der Waals surface area contributed by atoms with Crippen LogP contribution in [0.4, 0.5) is 11.5 Å². The highest BCUT2D eigenvalue weighted by atomic mass is 35.5. The smallest absolute Gasteiger partial charge is 0.228 e. The van der Waals surface area contributed by atoms with Gasteiger partial charge in [-0.05, 0) is 17.7 Å². The highest BCUT2D eigenvalue weighted by Gasteiger charge is 2.04. The van der Waals surface area contributed by atoms with Gasteiger partial charge in [0.25, 0.3) is 0 Å². The molecule has 20 heavy (non-hydrogen) atoms. The molecule has 0 aliphatic rings. The molecule has 0 saturated carbocycles. The monoisotopic (exact) mass is 287 g/mol. The molecule has 1 aromatic carbocycles. The van der Waals surface area contributed by atoms with Crippen LogP contribution in [0.25, 0.3) is 4.85 Å². The molecule has 0 bridgehead atoms. The molecule has 4 nitrogen and oxygen atoms in total. The van der Waals surface area contributed by atoms with Gasteiger partial charge in [-0.3, -0.25) is 0 Å². The first-order chi connectivity index (χ1) is 9.79. The van der Waals surface area contributed by atoms with Crippen molar-refractivity contribution in [3.63, 3.8) is 0 Å². The van der Waals surface area contributed by atoms with Crippen molar-refractivity contribution in [2.24, 2.45) is 0 Å². The van der Waals surface area contributed by atoms with E-state index in [1.54, 1.807) is 12.1 Å². The summed E-state index contributed by atoms with van der Waals surface area (Å²) in [5, 5.41) is 3.42. The highest BCUT2D eigenvalue weighted by Crippen LogP contribution is 2.24. The van der Waals surface area contributed by atoms with E-state index in [1.807, 2.05) is 30.3 Å². The molecule has 2 aromatic rings. The minimum atomic E-state index is 0.366. The molecule has 0 fully saturated rings. The van der Waals surface area contributed by atoms with Gasteiger partial charge >= 0.3 is 0 Å². The van der Waals surface area contributed by atoms with Crippen LogP contribution in [0.1, 0.15) is 5.56 Å². The van der Waals surface area contributed by atoms with Crippen LogP contribution >= 0.6 is 11.6 Å². The molecule has 0 unspecified atom stereocenters. The average molecular weight is 288 g/mol. The van der Waals surface area contributed by atoms with Gasteiger partial charge in [0.05, 0.1) is 19.8 Å². The number of ether oxygens (including phenoxy) is 1. The molecule has 5 heteroatoms. The van der Waals surface area contributed by atoms with Crippen LogP contribution in [0, 0.1) is 6.57 Å². The Balaban J connectivity index is 1.76. The number of anilines is 1. The standard InChI is InChI=1S/C15H14ClN3O/c1-17-13-7-8-14(16)19-15(13)18-9-10-20-11-12-5-3-2-4-6-12/h2-8H,9-11H2,(H,18,19). The molecule has 1 heterocycles. The zero-order valence-electron chi connectivity index (χ0n) is 10.8. The Labute approximate surface area is 123 Å². The van der Waals surface area contributed by atoms with Crippen molar-refractivity contribution in [2.45, 2.75) is 6.61 Å². The van der Waals surface area contributed by atoms with Gasteiger partial charge in [-0.25, -0.2) is 9.83 Å². The van der Waals surface area contributed by atoms with E-state index in [2.05, 4.69) is 15.1 Å². The zero-order valence-corrected chi connectivity index (χ0v) is 11.6. The van der Waals surface area contributed by atoms with Crippen molar-refractivity contribution in [2.75, 3.05) is 18.5 Å². The summed E-state index contributed by atoms with van der Waals surface area (Å²) in [4.78, 5) is 7.47. The third-order valence-corrected chi connectivity index (χ3v) is 2.82. The van der Waals surface area contributed by atoms with Crippen LogP contribution < -0.4 is 5.32 Å². The van der Waals surface area contributed by atoms with Crippen molar-refractivity contribution < 1.29 is 4.74 Å². The maximum atomic E-state index is 7.05. The van der Waals surface area contributed by atoms with E-state index in [-0.39, 0.29) is 0 Å². The first-order valence-corrected chi connectivity index (χ1v) is 6.57. The molecule has 2 rings (SSSR count). The van der Waals surface area contributed by atoms with E-state index in [0.717, 1.165) is 5.56 Å². The van der Waals surface area contributed by atoms with Crippen LogP contribution in [0.15, 0.2) is 42.5 Å². The fourth-order valence-corrected chi connectivity index (χ4v) is 1.80. The van der Waals surface area contributed by atoms with Gasteiger partial charge in [0.1, 0.15) is 11.0 Å². The molecule has 0 amide bonds. The largest absolute Gasteiger partial charge is 0.376 e. The maximum absolute atomic E-state index is 7.05. The van der Waals surface area contributed by atoms with Crippen molar-refractivity contribution in [3.8, 4) is 0 Å². The minimum Gasteiger partial charge on any atom is -0.376 e. The average Bonchev–Trinajstić information content (AvgIpc) is 2.48. The van der Waals surface area contributed by atoms with E-state index in [9.17, 15) is 0 Å². The molecule has 1 aromatic heterocycles. The predicted molar refractivity (Wildman–Crippen MR) is 80.1 cm³/mol. The lowest BCUT2D eigenvalue weighted by Gasteiger charge is -2.08. The minimum absolute atomic E-state index is 0.366. The second kappa shape index (κ2) is 7.49. The number of rotatable bonds is 6. The Morgan fingerprint density at radius 1 is 1.20 bits per heavy atom. The van der Waals surface area contributed by atoms with E-state index in [1.165, 1.54) is 0 Å². The zero-order chi connectivity index (χ0) is 14.2. The summed E-state index contributed by atoms with van der Waals surface area (Å²) in [6.45, 7) is 8.73. The van der Waals surface area contributed by atoms with E-state index in [0.29, 0.717) is 36.4 Å². The highest BCUT2D eigenvalue weighted by molar-refractivity contribution is 6.29. The van der Waals surface area contributed by atoms with E-state index >= 15 is 0 Å². The third-order valence-electron chi connectivity index (χ3n) is 2.61. The number of aromatic nitrogens is 1. The summed E-state index contributed by atoms with van der Waals surface area (Å²) in [5.74, 6) is 0.496. The summed E-state index contributed by atoms with van der Waals surface area (Å²) in [6, 6.07) is 13.2. The molecular weight excluding hydrogens is 274 g/mol. The summed E-state index contributed by atoms with van der Waals surface area (Å²) in [6.07, 6.45) is 0. The molecule has 0 aliphatic carbocycles. The molecule has 0 radical (unpaired) electrons. The Kier molecular flexibility index (Phi) is 5.36. The van der Waals surface area contributed by atoms with Crippen LogP contribution in [-0.2, 0) is 11.3 Å². The summed E-state index contributed by atoms with van der Waals surface area (Å²) in [7, 11) is 0. The topological polar surface area (TPSA) is 38.5 Å². The van der Waals surface area contributed by atoms with Gasteiger partial charge in [0, 0.05) is 6.54 Å². The number of nitrogens with one attached hydrogen (secondary N) is 1. The SMILES string of the molecule is [C-]#[N+]c1ccc(Cl)nc1NCCOCc1ccccc1. The summed E-state index contributed by atoms with van der Waals surface area (Å²) in [5.41, 5.74) is 1.59. The predicted octanol–water partition coefficient (Wildman–Crippen LogP) is 3.91. The van der Waals surface area contributed by atoms with Crippen molar-refractivity contribution in [1.29, 1.82) is 0 Å². The Morgan fingerprint density at radius 3 is 2.75 bits per heavy atom. The van der Waals surface area contributed by atoms with Gasteiger partial charge < -0.3 is 10.1 Å². The summed E-state index contributed by atoms with van der Waals surface area (Å²) < 4.78 is 5.54. The second-order valence-corrected chi connectivity index (χ2v) is 4.47. The van der Waals surface area contributed by atoms with Crippen molar-refractivity contribution in [1.82, 2.24) is 4.98 Å².